The van der Waals surface area contributed by atoms with E-state index in [-0.39, 0.29) is 13.0 Å². The third-order valence-electron chi connectivity index (χ3n) is 1.91. The fraction of sp³-hybridized carbons (Fsp3) is 0.273. The lowest BCUT2D eigenvalue weighted by Gasteiger charge is -2.05. The molecule has 0 bridgehead atoms. The molecule has 0 saturated heterocycles. The Morgan fingerprint density at radius 1 is 1.38 bits per heavy atom. The quantitative estimate of drug-likeness (QED) is 0.737. The summed E-state index contributed by atoms with van der Waals surface area (Å²) in [5, 5.41) is 8.53. The van der Waals surface area contributed by atoms with Gasteiger partial charge in [-0.3, -0.25) is 9.59 Å². The summed E-state index contributed by atoms with van der Waals surface area (Å²) in [6, 6.07) is 6.94. The number of carbonyl (C=O) groups excluding carboxylic acids is 1. The molecule has 5 nitrogen and oxygen atoms in total. The highest BCUT2D eigenvalue weighted by molar-refractivity contribution is 5.75. The highest BCUT2D eigenvalue weighted by Gasteiger charge is 2.02. The smallest absolute Gasteiger partial charge is 0.303 e. The summed E-state index contributed by atoms with van der Waals surface area (Å²) in [7, 11) is 0. The van der Waals surface area contributed by atoms with Crippen LogP contribution >= 0.6 is 0 Å². The predicted octanol–water partition coefficient (Wildman–Crippen LogP) is 0.568. The number of benzene rings is 1. The van der Waals surface area contributed by atoms with E-state index in [4.69, 9.17) is 15.6 Å². The first-order valence-corrected chi connectivity index (χ1v) is 4.80. The Labute approximate surface area is 92.8 Å². The Kier molecular flexibility index (Phi) is 4.32. The van der Waals surface area contributed by atoms with E-state index in [1.165, 1.54) is 0 Å². The summed E-state index contributed by atoms with van der Waals surface area (Å²) in [6.45, 7) is -0.178. The number of hydrogen-bond donors (Lipinski definition) is 2. The largest absolute Gasteiger partial charge is 0.484 e. The monoisotopic (exact) mass is 223 g/mol. The van der Waals surface area contributed by atoms with Crippen molar-refractivity contribution >= 4 is 11.9 Å². The minimum absolute atomic E-state index is 0.0687. The second kappa shape index (κ2) is 5.75. The standard InChI is InChI=1S/C11H13NO4/c12-10(13)7-16-9-3-1-2-8(6-9)4-5-11(14)15/h1-3,6H,4-5,7H2,(H2,12,13)(H,14,15). The fourth-order valence-corrected chi connectivity index (χ4v) is 1.20. The van der Waals surface area contributed by atoms with E-state index in [2.05, 4.69) is 0 Å². The summed E-state index contributed by atoms with van der Waals surface area (Å²) in [5.41, 5.74) is 5.79. The molecule has 86 valence electrons. The molecule has 0 saturated carbocycles. The maximum atomic E-state index is 10.5. The van der Waals surface area contributed by atoms with Crippen molar-refractivity contribution in [2.45, 2.75) is 12.8 Å². The lowest BCUT2D eigenvalue weighted by atomic mass is 10.1. The Hall–Kier alpha value is -2.04. The number of carbonyl (C=O) groups is 2. The van der Waals surface area contributed by atoms with Crippen LogP contribution in [-0.2, 0) is 16.0 Å². The molecule has 5 heteroatoms. The molecule has 0 spiro atoms. The number of primary amides is 1. The van der Waals surface area contributed by atoms with Crippen molar-refractivity contribution < 1.29 is 19.4 Å². The van der Waals surface area contributed by atoms with Crippen molar-refractivity contribution in [2.75, 3.05) is 6.61 Å². The van der Waals surface area contributed by atoms with Gasteiger partial charge in [-0.25, -0.2) is 0 Å². The molecule has 1 amide bonds. The van der Waals surface area contributed by atoms with Crippen molar-refractivity contribution in [3.8, 4) is 5.75 Å². The Balaban J connectivity index is 2.56. The van der Waals surface area contributed by atoms with E-state index in [0.717, 1.165) is 5.56 Å². The molecule has 0 aliphatic rings. The average Bonchev–Trinajstić information content (AvgIpc) is 2.24. The van der Waals surface area contributed by atoms with Crippen LogP contribution in [0, 0.1) is 0 Å². The van der Waals surface area contributed by atoms with Crippen LogP contribution in [0.2, 0.25) is 0 Å². The van der Waals surface area contributed by atoms with Crippen molar-refractivity contribution in [1.82, 2.24) is 0 Å². The van der Waals surface area contributed by atoms with E-state index >= 15 is 0 Å². The zero-order valence-electron chi connectivity index (χ0n) is 8.68. The van der Waals surface area contributed by atoms with Crippen molar-refractivity contribution in [2.24, 2.45) is 5.73 Å². The molecule has 0 aliphatic carbocycles. The van der Waals surface area contributed by atoms with Gasteiger partial charge in [0.25, 0.3) is 5.91 Å². The van der Waals surface area contributed by atoms with E-state index in [1.807, 2.05) is 0 Å². The molecule has 3 N–H and O–H groups in total. The van der Waals surface area contributed by atoms with Gasteiger partial charge in [-0.05, 0) is 24.1 Å². The molecule has 1 aromatic rings. The maximum Gasteiger partial charge on any atom is 0.303 e. The minimum Gasteiger partial charge on any atom is -0.484 e. The zero-order valence-corrected chi connectivity index (χ0v) is 8.68. The van der Waals surface area contributed by atoms with Crippen molar-refractivity contribution in [3.63, 3.8) is 0 Å². The van der Waals surface area contributed by atoms with E-state index < -0.39 is 11.9 Å². The average molecular weight is 223 g/mol. The van der Waals surface area contributed by atoms with Gasteiger partial charge in [0.05, 0.1) is 0 Å². The Morgan fingerprint density at radius 2 is 2.12 bits per heavy atom. The van der Waals surface area contributed by atoms with Crippen LogP contribution < -0.4 is 10.5 Å². The maximum absolute atomic E-state index is 10.5. The first kappa shape index (κ1) is 12.0. The van der Waals surface area contributed by atoms with Crippen LogP contribution in [0.3, 0.4) is 0 Å². The van der Waals surface area contributed by atoms with E-state index in [0.29, 0.717) is 12.2 Å². The number of aliphatic carboxylic acids is 1. The second-order valence-corrected chi connectivity index (χ2v) is 3.30. The highest BCUT2D eigenvalue weighted by Crippen LogP contribution is 2.14. The molecule has 0 unspecified atom stereocenters. The number of ether oxygens (including phenoxy) is 1. The van der Waals surface area contributed by atoms with Crippen LogP contribution in [-0.4, -0.2) is 23.6 Å². The molecular formula is C11H13NO4. The normalized spacial score (nSPS) is 9.75. The van der Waals surface area contributed by atoms with Crippen LogP contribution in [0.4, 0.5) is 0 Å². The topological polar surface area (TPSA) is 89.6 Å². The van der Waals surface area contributed by atoms with Gasteiger partial charge in [0.2, 0.25) is 0 Å². The van der Waals surface area contributed by atoms with Gasteiger partial charge >= 0.3 is 5.97 Å². The van der Waals surface area contributed by atoms with Gasteiger partial charge in [0.15, 0.2) is 6.61 Å². The summed E-state index contributed by atoms with van der Waals surface area (Å²) in [6.07, 6.45) is 0.502. The number of amides is 1. The number of carboxylic acid groups (broad SMARTS) is 1. The van der Waals surface area contributed by atoms with Crippen LogP contribution in [0.1, 0.15) is 12.0 Å². The molecule has 0 aliphatic heterocycles. The van der Waals surface area contributed by atoms with Gasteiger partial charge in [-0.2, -0.15) is 0 Å². The van der Waals surface area contributed by atoms with E-state index in [9.17, 15) is 9.59 Å². The van der Waals surface area contributed by atoms with Gasteiger partial charge in [0.1, 0.15) is 5.75 Å². The first-order chi connectivity index (χ1) is 7.58. The second-order valence-electron chi connectivity index (χ2n) is 3.30. The molecule has 0 atom stereocenters. The minimum atomic E-state index is -0.844. The molecule has 1 rings (SSSR count). The number of rotatable bonds is 6. The molecule has 0 aromatic heterocycles. The third kappa shape index (κ3) is 4.45. The molecular weight excluding hydrogens is 210 g/mol. The van der Waals surface area contributed by atoms with Gasteiger partial charge in [-0.1, -0.05) is 12.1 Å². The van der Waals surface area contributed by atoms with Crippen LogP contribution in [0.5, 0.6) is 5.75 Å². The fourth-order valence-electron chi connectivity index (χ4n) is 1.20. The molecule has 0 radical (unpaired) electrons. The van der Waals surface area contributed by atoms with Gasteiger partial charge in [0, 0.05) is 6.42 Å². The van der Waals surface area contributed by atoms with Gasteiger partial charge < -0.3 is 15.6 Å². The SMILES string of the molecule is NC(=O)COc1cccc(CCC(=O)O)c1. The number of nitrogens with two attached hydrogens (primary N) is 1. The van der Waals surface area contributed by atoms with Crippen LogP contribution in [0.15, 0.2) is 24.3 Å². The molecule has 16 heavy (non-hydrogen) atoms. The molecule has 1 aromatic carbocycles. The summed E-state index contributed by atoms with van der Waals surface area (Å²) >= 11 is 0. The summed E-state index contributed by atoms with van der Waals surface area (Å²) < 4.78 is 5.09. The molecule has 0 heterocycles. The van der Waals surface area contributed by atoms with Crippen LogP contribution in [0.25, 0.3) is 0 Å². The van der Waals surface area contributed by atoms with Crippen molar-refractivity contribution in [1.29, 1.82) is 0 Å². The number of carboxylic acids is 1. The zero-order chi connectivity index (χ0) is 12.0. The van der Waals surface area contributed by atoms with E-state index in [1.54, 1.807) is 24.3 Å². The predicted molar refractivity (Wildman–Crippen MR) is 57.1 cm³/mol. The third-order valence-corrected chi connectivity index (χ3v) is 1.91. The van der Waals surface area contributed by atoms with Gasteiger partial charge in [-0.15, -0.1) is 0 Å². The Morgan fingerprint density at radius 3 is 2.75 bits per heavy atom. The summed E-state index contributed by atoms with van der Waals surface area (Å²) in [4.78, 5) is 20.9. The first-order valence-electron chi connectivity index (χ1n) is 4.80. The Bertz CT molecular complexity index is 356. The lowest BCUT2D eigenvalue weighted by molar-refractivity contribution is -0.137. The highest BCUT2D eigenvalue weighted by atomic mass is 16.5. The van der Waals surface area contributed by atoms with Crippen molar-refractivity contribution in [3.05, 3.63) is 29.8 Å². The number of hydrogen-bond acceptors (Lipinski definition) is 3. The summed E-state index contributed by atoms with van der Waals surface area (Å²) in [5.74, 6) is -0.874. The number of aryl methyl sites for hydroxylation is 1. The lowest BCUT2D eigenvalue weighted by Crippen LogP contribution is -2.20. The molecule has 0 fully saturated rings.